The van der Waals surface area contributed by atoms with Crippen LogP contribution in [0.25, 0.3) is 0 Å². The molecule has 2 rings (SSSR count). The monoisotopic (exact) mass is 219 g/mol. The van der Waals surface area contributed by atoms with E-state index in [1.54, 1.807) is 6.07 Å². The Labute approximate surface area is 93.2 Å². The molecule has 3 heteroatoms. The fraction of sp³-hybridized carbons (Fsp3) is 0.0833. The number of hydrogen-bond acceptors (Lipinski definition) is 2. The van der Waals surface area contributed by atoms with Crippen molar-refractivity contribution in [3.8, 4) is 5.75 Å². The summed E-state index contributed by atoms with van der Waals surface area (Å²) in [5.74, 6) is 0.144. The van der Waals surface area contributed by atoms with Crippen molar-refractivity contribution in [1.29, 1.82) is 0 Å². The number of aromatic hydroxyl groups is 1. The second kappa shape index (κ2) is 4.32. The normalized spacial score (nSPS) is 10.2. The van der Waals surface area contributed by atoms with Gasteiger partial charge in [0.15, 0.2) is 0 Å². The first-order valence-corrected chi connectivity index (χ1v) is 5.01. The molecule has 0 amide bonds. The van der Waals surface area contributed by atoms with Crippen molar-refractivity contribution in [1.82, 2.24) is 4.98 Å². The second-order valence-corrected chi connectivity index (χ2v) is 3.66. The quantitative estimate of drug-likeness (QED) is 0.788. The van der Waals surface area contributed by atoms with Gasteiger partial charge in [-0.25, -0.2) is 4.98 Å². The fourth-order valence-corrected chi connectivity index (χ4v) is 1.59. The maximum atomic E-state index is 9.29. The summed E-state index contributed by atoms with van der Waals surface area (Å²) in [5, 5.41) is 9.74. The minimum absolute atomic E-state index is 0.144. The van der Waals surface area contributed by atoms with Gasteiger partial charge in [-0.05, 0) is 17.2 Å². The third-order valence-electron chi connectivity index (χ3n) is 2.13. The lowest BCUT2D eigenvalue weighted by Gasteiger charge is -2.04. The molecule has 0 aliphatic carbocycles. The molecule has 0 fully saturated rings. The molecule has 1 N–H and O–H groups in total. The van der Waals surface area contributed by atoms with Crippen LogP contribution in [0.2, 0.25) is 5.15 Å². The number of aromatic nitrogens is 1. The SMILES string of the molecule is Oc1cnc(Cl)c(Cc2ccccc2)c1. The van der Waals surface area contributed by atoms with E-state index in [1.165, 1.54) is 6.20 Å². The molecule has 1 aromatic carbocycles. The van der Waals surface area contributed by atoms with Crippen LogP contribution in [0, 0.1) is 0 Å². The molecule has 2 aromatic rings. The summed E-state index contributed by atoms with van der Waals surface area (Å²) < 4.78 is 0. The molecule has 1 aromatic heterocycles. The molecular weight excluding hydrogens is 210 g/mol. The molecule has 15 heavy (non-hydrogen) atoms. The molecule has 0 radical (unpaired) electrons. The van der Waals surface area contributed by atoms with Gasteiger partial charge in [-0.2, -0.15) is 0 Å². The van der Waals surface area contributed by atoms with Gasteiger partial charge in [-0.1, -0.05) is 41.9 Å². The van der Waals surface area contributed by atoms with Crippen LogP contribution < -0.4 is 0 Å². The first kappa shape index (κ1) is 9.99. The molecule has 0 saturated carbocycles. The van der Waals surface area contributed by atoms with Crippen LogP contribution in [0.3, 0.4) is 0 Å². The molecular formula is C12H10ClNO. The van der Waals surface area contributed by atoms with Crippen molar-refractivity contribution >= 4 is 11.6 Å². The molecule has 0 aliphatic rings. The minimum atomic E-state index is 0.144. The van der Waals surface area contributed by atoms with Crippen LogP contribution in [0.4, 0.5) is 0 Å². The Balaban J connectivity index is 2.28. The third-order valence-corrected chi connectivity index (χ3v) is 2.47. The standard InChI is InChI=1S/C12H10ClNO/c13-12-10(7-11(15)8-14-12)6-9-4-2-1-3-5-9/h1-5,7-8,15H,6H2. The Hall–Kier alpha value is -1.54. The summed E-state index contributed by atoms with van der Waals surface area (Å²) in [7, 11) is 0. The van der Waals surface area contributed by atoms with E-state index in [4.69, 9.17) is 11.6 Å². The lowest BCUT2D eigenvalue weighted by atomic mass is 10.1. The topological polar surface area (TPSA) is 33.1 Å². The largest absolute Gasteiger partial charge is 0.506 e. The van der Waals surface area contributed by atoms with Crippen LogP contribution in [0.15, 0.2) is 42.6 Å². The van der Waals surface area contributed by atoms with Gasteiger partial charge >= 0.3 is 0 Å². The number of halogens is 1. The van der Waals surface area contributed by atoms with E-state index in [0.29, 0.717) is 11.6 Å². The Morgan fingerprint density at radius 2 is 1.93 bits per heavy atom. The van der Waals surface area contributed by atoms with Gasteiger partial charge in [-0.15, -0.1) is 0 Å². The lowest BCUT2D eigenvalue weighted by molar-refractivity contribution is 0.472. The van der Waals surface area contributed by atoms with Crippen LogP contribution in [-0.2, 0) is 6.42 Å². The van der Waals surface area contributed by atoms with E-state index in [1.807, 2.05) is 30.3 Å². The van der Waals surface area contributed by atoms with Crippen molar-refractivity contribution in [2.75, 3.05) is 0 Å². The highest BCUT2D eigenvalue weighted by Crippen LogP contribution is 2.20. The number of rotatable bonds is 2. The van der Waals surface area contributed by atoms with E-state index in [-0.39, 0.29) is 5.75 Å². The number of nitrogens with zero attached hydrogens (tertiary/aromatic N) is 1. The van der Waals surface area contributed by atoms with E-state index in [0.717, 1.165) is 11.1 Å². The molecule has 0 atom stereocenters. The Morgan fingerprint density at radius 1 is 1.20 bits per heavy atom. The zero-order chi connectivity index (χ0) is 10.7. The zero-order valence-corrected chi connectivity index (χ0v) is 8.78. The Bertz CT molecular complexity index is 456. The minimum Gasteiger partial charge on any atom is -0.506 e. The molecule has 0 aliphatic heterocycles. The summed E-state index contributed by atoms with van der Waals surface area (Å²) in [6.07, 6.45) is 2.03. The van der Waals surface area contributed by atoms with Crippen molar-refractivity contribution in [3.63, 3.8) is 0 Å². The predicted octanol–water partition coefficient (Wildman–Crippen LogP) is 3.03. The first-order chi connectivity index (χ1) is 7.25. The van der Waals surface area contributed by atoms with Crippen LogP contribution >= 0.6 is 11.6 Å². The second-order valence-electron chi connectivity index (χ2n) is 3.31. The molecule has 0 bridgehead atoms. The van der Waals surface area contributed by atoms with Crippen LogP contribution in [-0.4, -0.2) is 10.1 Å². The predicted molar refractivity (Wildman–Crippen MR) is 60.2 cm³/mol. The smallest absolute Gasteiger partial charge is 0.134 e. The van der Waals surface area contributed by atoms with Crippen molar-refractivity contribution in [3.05, 3.63) is 58.9 Å². The van der Waals surface area contributed by atoms with Gasteiger partial charge < -0.3 is 5.11 Å². The lowest BCUT2D eigenvalue weighted by Crippen LogP contribution is -1.90. The van der Waals surface area contributed by atoms with Crippen LogP contribution in [0.1, 0.15) is 11.1 Å². The molecule has 0 unspecified atom stereocenters. The summed E-state index contributed by atoms with van der Waals surface area (Å²) in [4.78, 5) is 3.89. The van der Waals surface area contributed by atoms with Gasteiger partial charge in [0, 0.05) is 6.42 Å². The number of pyridine rings is 1. The van der Waals surface area contributed by atoms with Crippen LogP contribution in [0.5, 0.6) is 5.75 Å². The molecule has 2 nitrogen and oxygen atoms in total. The summed E-state index contributed by atoms with van der Waals surface area (Å²) in [6, 6.07) is 11.6. The average Bonchev–Trinajstić information content (AvgIpc) is 2.25. The Morgan fingerprint density at radius 3 is 2.67 bits per heavy atom. The number of benzene rings is 1. The van der Waals surface area contributed by atoms with Gasteiger partial charge in [0.1, 0.15) is 10.9 Å². The summed E-state index contributed by atoms with van der Waals surface area (Å²) in [5.41, 5.74) is 1.98. The zero-order valence-electron chi connectivity index (χ0n) is 8.02. The van der Waals surface area contributed by atoms with Gasteiger partial charge in [0.05, 0.1) is 6.20 Å². The van der Waals surface area contributed by atoms with Gasteiger partial charge in [0.25, 0.3) is 0 Å². The van der Waals surface area contributed by atoms with Gasteiger partial charge in [-0.3, -0.25) is 0 Å². The van der Waals surface area contributed by atoms with Crippen molar-refractivity contribution < 1.29 is 5.11 Å². The molecule has 0 spiro atoms. The molecule has 76 valence electrons. The highest BCUT2D eigenvalue weighted by Gasteiger charge is 2.03. The van der Waals surface area contributed by atoms with Crippen molar-refractivity contribution in [2.24, 2.45) is 0 Å². The highest BCUT2D eigenvalue weighted by atomic mass is 35.5. The Kier molecular flexibility index (Phi) is 2.88. The van der Waals surface area contributed by atoms with Gasteiger partial charge in [0.2, 0.25) is 0 Å². The third kappa shape index (κ3) is 2.48. The maximum Gasteiger partial charge on any atom is 0.134 e. The van der Waals surface area contributed by atoms with E-state index < -0.39 is 0 Å². The molecule has 0 saturated heterocycles. The van der Waals surface area contributed by atoms with E-state index in [2.05, 4.69) is 4.98 Å². The number of hydrogen-bond donors (Lipinski definition) is 1. The fourth-order valence-electron chi connectivity index (χ4n) is 1.42. The first-order valence-electron chi connectivity index (χ1n) is 4.63. The van der Waals surface area contributed by atoms with Crippen molar-refractivity contribution in [2.45, 2.75) is 6.42 Å². The maximum absolute atomic E-state index is 9.29. The molecule has 1 heterocycles. The average molecular weight is 220 g/mol. The highest BCUT2D eigenvalue weighted by molar-refractivity contribution is 6.30. The van der Waals surface area contributed by atoms with E-state index in [9.17, 15) is 5.11 Å². The summed E-state index contributed by atoms with van der Waals surface area (Å²) >= 11 is 5.92. The van der Waals surface area contributed by atoms with E-state index >= 15 is 0 Å². The summed E-state index contributed by atoms with van der Waals surface area (Å²) in [6.45, 7) is 0.